The van der Waals surface area contributed by atoms with Crippen LogP contribution < -0.4 is 15.4 Å². The molecule has 1 unspecified atom stereocenters. The molecule has 1 atom stereocenters. The van der Waals surface area contributed by atoms with Crippen molar-refractivity contribution in [2.24, 2.45) is 0 Å². The van der Waals surface area contributed by atoms with Gasteiger partial charge < -0.3 is 34.7 Å². The van der Waals surface area contributed by atoms with Gasteiger partial charge >= 0.3 is 6.09 Å². The number of fused-ring (bicyclic) bond motifs is 1. The van der Waals surface area contributed by atoms with Gasteiger partial charge in [0.1, 0.15) is 24.2 Å². The number of nitrogens with one attached hydrogen (secondary N) is 2. The van der Waals surface area contributed by atoms with Gasteiger partial charge in [-0.05, 0) is 60.0 Å². The monoisotopic (exact) mass is 718 g/mol. The van der Waals surface area contributed by atoms with Crippen molar-refractivity contribution in [3.8, 4) is 11.5 Å². The summed E-state index contributed by atoms with van der Waals surface area (Å²) in [5, 5.41) is 15.2. The van der Waals surface area contributed by atoms with E-state index in [0.29, 0.717) is 68.6 Å². The molecule has 5 rings (SSSR count). The van der Waals surface area contributed by atoms with Gasteiger partial charge in [0.15, 0.2) is 11.6 Å². The van der Waals surface area contributed by atoms with E-state index in [9.17, 15) is 19.5 Å². The molecule has 12 nitrogen and oxygen atoms in total. The van der Waals surface area contributed by atoms with E-state index >= 15 is 4.39 Å². The van der Waals surface area contributed by atoms with Gasteiger partial charge in [-0.15, -0.1) is 0 Å². The lowest BCUT2D eigenvalue weighted by atomic mass is 10.0. The third kappa shape index (κ3) is 9.93. The van der Waals surface area contributed by atoms with Crippen molar-refractivity contribution in [3.63, 3.8) is 0 Å². The Morgan fingerprint density at radius 3 is 2.47 bits per heavy atom. The summed E-state index contributed by atoms with van der Waals surface area (Å²) >= 11 is 0. The summed E-state index contributed by atoms with van der Waals surface area (Å²) in [5.41, 5.74) is 3.59. The van der Waals surface area contributed by atoms with Crippen LogP contribution in [0, 0.1) is 12.7 Å². The smallest absolute Gasteiger partial charge is 0.405 e. The maximum atomic E-state index is 15.5. The average molecular weight is 719 g/mol. The van der Waals surface area contributed by atoms with Crippen molar-refractivity contribution >= 4 is 37.0 Å². The number of halogens is 1. The number of rotatable bonds is 14. The van der Waals surface area contributed by atoms with Crippen LogP contribution in [0.2, 0.25) is 25.7 Å². The third-order valence-corrected chi connectivity index (χ3v) is 10.6. The highest BCUT2D eigenvalue weighted by Gasteiger charge is 2.29. The molecule has 2 aromatic heterocycles. The Bertz CT molecular complexity index is 1870. The number of carboxylic acid groups (broad SMARTS) is 1. The number of carbonyl (C=O) groups is 3. The molecule has 0 saturated carbocycles. The van der Waals surface area contributed by atoms with Crippen molar-refractivity contribution in [1.82, 2.24) is 30.0 Å². The highest BCUT2D eigenvalue weighted by Crippen LogP contribution is 2.34. The van der Waals surface area contributed by atoms with Crippen molar-refractivity contribution < 1.29 is 33.4 Å². The average Bonchev–Trinajstić information content (AvgIpc) is 3.42. The first-order chi connectivity index (χ1) is 24.3. The normalized spacial score (nSPS) is 14.4. The quantitative estimate of drug-likeness (QED) is 0.115. The fourth-order valence-electron chi connectivity index (χ4n) is 6.12. The van der Waals surface area contributed by atoms with Gasteiger partial charge in [-0.1, -0.05) is 37.8 Å². The minimum absolute atomic E-state index is 0.00385. The van der Waals surface area contributed by atoms with Crippen LogP contribution in [0.3, 0.4) is 0 Å². The maximum absolute atomic E-state index is 15.5. The van der Waals surface area contributed by atoms with E-state index in [2.05, 4.69) is 40.2 Å². The molecule has 0 spiro atoms. The van der Waals surface area contributed by atoms with E-state index in [1.54, 1.807) is 36.3 Å². The van der Waals surface area contributed by atoms with E-state index in [1.807, 2.05) is 35.9 Å². The Labute approximate surface area is 298 Å². The first-order valence-electron chi connectivity index (χ1n) is 17.1. The number of hydrogen-bond acceptors (Lipinski definition) is 7. The number of amides is 3. The summed E-state index contributed by atoms with van der Waals surface area (Å²) in [6.07, 6.45) is 2.18. The molecule has 272 valence electrons. The summed E-state index contributed by atoms with van der Waals surface area (Å²) < 4.78 is 29.4. The molecule has 0 bridgehead atoms. The minimum atomic E-state index is -1.34. The number of nitrogens with zero attached hydrogens (tertiary/aromatic N) is 4. The number of piperazine rings is 1. The van der Waals surface area contributed by atoms with E-state index in [-0.39, 0.29) is 24.0 Å². The Morgan fingerprint density at radius 1 is 1.02 bits per heavy atom. The Kier molecular flexibility index (Phi) is 12.1. The maximum Gasteiger partial charge on any atom is 0.405 e. The van der Waals surface area contributed by atoms with Gasteiger partial charge in [0, 0.05) is 78.8 Å². The highest BCUT2D eigenvalue weighted by molar-refractivity contribution is 6.76. The van der Waals surface area contributed by atoms with Crippen LogP contribution in [0.15, 0.2) is 60.9 Å². The summed E-state index contributed by atoms with van der Waals surface area (Å²) in [4.78, 5) is 45.6. The molecule has 1 aliphatic rings. The van der Waals surface area contributed by atoms with Crippen molar-refractivity contribution in [1.29, 1.82) is 0 Å². The first kappa shape index (κ1) is 37.5. The molecule has 0 aliphatic carbocycles. The second-order valence-electron chi connectivity index (χ2n) is 14.1. The van der Waals surface area contributed by atoms with Crippen molar-refractivity contribution in [3.05, 3.63) is 89.0 Å². The molecule has 2 aromatic carbocycles. The molecule has 3 heterocycles. The second-order valence-corrected chi connectivity index (χ2v) is 19.7. The molecule has 0 radical (unpaired) electrons. The Hall–Kier alpha value is -4.79. The highest BCUT2D eigenvalue weighted by atomic mass is 28.3. The molecule has 51 heavy (non-hydrogen) atoms. The SMILES string of the molecule is CNC(=O)c1cccc(CN2CCN(C(=O)C(Cc3ccc(Oc4ccnc5c4c(C)cn5COCC[Si](C)(C)C)c(F)c3)NC(=O)O)CC2)c1. The second kappa shape index (κ2) is 16.5. The van der Waals surface area contributed by atoms with Crippen molar-refractivity contribution in [2.75, 3.05) is 39.8 Å². The number of ether oxygens (including phenoxy) is 2. The molecule has 3 N–H and O–H groups in total. The van der Waals surface area contributed by atoms with Gasteiger partial charge in [0.25, 0.3) is 5.91 Å². The lowest BCUT2D eigenvalue weighted by molar-refractivity contribution is -0.135. The zero-order valence-corrected chi connectivity index (χ0v) is 30.9. The van der Waals surface area contributed by atoms with Crippen LogP contribution in [0.5, 0.6) is 11.5 Å². The Morgan fingerprint density at radius 2 is 1.78 bits per heavy atom. The third-order valence-electron chi connectivity index (χ3n) is 8.89. The van der Waals surface area contributed by atoms with E-state index in [0.717, 1.165) is 22.6 Å². The van der Waals surface area contributed by atoms with Gasteiger partial charge in [-0.3, -0.25) is 14.5 Å². The number of aryl methyl sites for hydroxylation is 1. The summed E-state index contributed by atoms with van der Waals surface area (Å²) in [6.45, 7) is 12.4. The zero-order valence-electron chi connectivity index (χ0n) is 29.9. The number of hydrogen-bond donors (Lipinski definition) is 3. The van der Waals surface area contributed by atoms with Crippen LogP contribution >= 0.6 is 0 Å². The number of carbonyl (C=O) groups excluding carboxylic acids is 2. The van der Waals surface area contributed by atoms with Gasteiger partial charge in [-0.25, -0.2) is 14.2 Å². The number of benzene rings is 2. The fourth-order valence-corrected chi connectivity index (χ4v) is 6.88. The summed E-state index contributed by atoms with van der Waals surface area (Å²) in [5.74, 6) is -0.723. The molecule has 4 aromatic rings. The van der Waals surface area contributed by atoms with Crippen LogP contribution in [-0.4, -0.2) is 96.3 Å². The largest absolute Gasteiger partial charge is 0.465 e. The Balaban J connectivity index is 1.21. The van der Waals surface area contributed by atoms with Crippen LogP contribution in [0.25, 0.3) is 11.0 Å². The molecular formula is C37H47FN6O6Si. The van der Waals surface area contributed by atoms with E-state index < -0.39 is 26.0 Å². The lowest BCUT2D eigenvalue weighted by Gasteiger charge is -2.36. The molecule has 3 amide bonds. The summed E-state index contributed by atoms with van der Waals surface area (Å²) in [6, 6.07) is 13.4. The standard InChI is InChI=1S/C37H47FN6O6Si/c1-25-22-44(24-49-17-18-51(3,4)5)34-33(25)32(11-12-40-34)50-31-10-9-26(20-29(31)38)21-30(41-37(47)48)36(46)43-15-13-42(14-16-43)23-27-7-6-8-28(19-27)35(45)39-2/h6-12,19-20,22,30,41H,13-18,21,23-24H2,1-5H3,(H,39,45)(H,47,48). The number of aromatic nitrogens is 2. The van der Waals surface area contributed by atoms with E-state index in [1.165, 1.54) is 12.1 Å². The zero-order chi connectivity index (χ0) is 36.7. The molecule has 1 saturated heterocycles. The van der Waals surface area contributed by atoms with E-state index in [4.69, 9.17) is 9.47 Å². The molecule has 1 aliphatic heterocycles. The van der Waals surface area contributed by atoms with Crippen molar-refractivity contribution in [2.45, 2.75) is 58.3 Å². The predicted molar refractivity (Wildman–Crippen MR) is 195 cm³/mol. The molecule has 1 fully saturated rings. The predicted octanol–water partition coefficient (Wildman–Crippen LogP) is 5.47. The van der Waals surface area contributed by atoms with Crippen LogP contribution in [0.4, 0.5) is 9.18 Å². The van der Waals surface area contributed by atoms with Crippen LogP contribution in [0.1, 0.15) is 27.0 Å². The molecular weight excluding hydrogens is 672 g/mol. The summed E-state index contributed by atoms with van der Waals surface area (Å²) in [7, 11) is 0.370. The minimum Gasteiger partial charge on any atom is -0.465 e. The van der Waals surface area contributed by atoms with Crippen LogP contribution in [-0.2, 0) is 29.2 Å². The van der Waals surface area contributed by atoms with Gasteiger partial charge in [0.2, 0.25) is 5.91 Å². The van der Waals surface area contributed by atoms with Gasteiger partial charge in [0.05, 0.1) is 5.39 Å². The van der Waals surface area contributed by atoms with Gasteiger partial charge in [-0.2, -0.15) is 0 Å². The fraction of sp³-hybridized carbons (Fsp3) is 0.405. The topological polar surface area (TPSA) is 138 Å². The lowest BCUT2D eigenvalue weighted by Crippen LogP contribution is -2.55. The first-order valence-corrected chi connectivity index (χ1v) is 20.8. The molecule has 14 heteroatoms. The number of pyridine rings is 1.